The summed E-state index contributed by atoms with van der Waals surface area (Å²) in [7, 11) is 3.83. The third-order valence-corrected chi connectivity index (χ3v) is 3.57. The van der Waals surface area contributed by atoms with Crippen LogP contribution in [0.15, 0.2) is 12.1 Å². The molecule has 4 heteroatoms. The van der Waals surface area contributed by atoms with Gasteiger partial charge in [-0.05, 0) is 37.1 Å². The minimum absolute atomic E-state index is 0.265. The van der Waals surface area contributed by atoms with Crippen molar-refractivity contribution >= 4 is 5.69 Å². The Morgan fingerprint density at radius 3 is 2.58 bits per heavy atom. The predicted octanol–water partition coefficient (Wildman–Crippen LogP) is 1.74. The first-order valence-electron chi connectivity index (χ1n) is 6.80. The molecule has 1 aliphatic rings. The molecule has 4 nitrogen and oxygen atoms in total. The van der Waals surface area contributed by atoms with Crippen LogP contribution in [0.5, 0.6) is 5.75 Å². The Kier molecular flexibility index (Phi) is 4.66. The van der Waals surface area contributed by atoms with Gasteiger partial charge < -0.3 is 19.7 Å². The zero-order chi connectivity index (χ0) is 13.8. The molecule has 19 heavy (non-hydrogen) atoms. The number of likely N-dealkylation sites (N-methyl/N-ethyl adjacent to an activating group) is 1. The highest BCUT2D eigenvalue weighted by atomic mass is 16.5. The van der Waals surface area contributed by atoms with Crippen LogP contribution in [0, 0.1) is 13.8 Å². The molecule has 1 aromatic rings. The van der Waals surface area contributed by atoms with Crippen molar-refractivity contribution in [3.63, 3.8) is 0 Å². The van der Waals surface area contributed by atoms with E-state index in [0.29, 0.717) is 0 Å². The first-order chi connectivity index (χ1) is 9.11. The molecule has 0 bridgehead atoms. The molecule has 0 saturated carbocycles. The lowest BCUT2D eigenvalue weighted by atomic mass is 10.1. The molecule has 0 amide bonds. The van der Waals surface area contributed by atoms with Gasteiger partial charge in [-0.2, -0.15) is 0 Å². The minimum atomic E-state index is 0.265. The molecule has 0 radical (unpaired) electrons. The number of nitrogens with one attached hydrogen (secondary N) is 1. The van der Waals surface area contributed by atoms with Gasteiger partial charge in [0, 0.05) is 32.4 Å². The largest absolute Gasteiger partial charge is 0.496 e. The number of methoxy groups -OCH3 is 1. The van der Waals surface area contributed by atoms with E-state index in [1.54, 1.807) is 7.11 Å². The smallest absolute Gasteiger partial charge is 0.124 e. The van der Waals surface area contributed by atoms with Gasteiger partial charge >= 0.3 is 0 Å². The molecule has 106 valence electrons. The highest BCUT2D eigenvalue weighted by molar-refractivity contribution is 5.56. The van der Waals surface area contributed by atoms with E-state index >= 15 is 0 Å². The van der Waals surface area contributed by atoms with E-state index in [1.807, 2.05) is 0 Å². The Morgan fingerprint density at radius 2 is 2.05 bits per heavy atom. The van der Waals surface area contributed by atoms with Crippen molar-refractivity contribution in [1.29, 1.82) is 0 Å². The van der Waals surface area contributed by atoms with Gasteiger partial charge in [-0.25, -0.2) is 0 Å². The van der Waals surface area contributed by atoms with E-state index in [0.717, 1.165) is 32.0 Å². The zero-order valence-corrected chi connectivity index (χ0v) is 12.3. The Balaban J connectivity index is 2.08. The van der Waals surface area contributed by atoms with E-state index < -0.39 is 0 Å². The van der Waals surface area contributed by atoms with Crippen molar-refractivity contribution in [3.05, 3.63) is 23.3 Å². The number of rotatable bonds is 4. The minimum Gasteiger partial charge on any atom is -0.496 e. The molecule has 1 aliphatic heterocycles. The number of anilines is 1. The Labute approximate surface area is 115 Å². The van der Waals surface area contributed by atoms with E-state index in [2.05, 4.69) is 43.2 Å². The summed E-state index contributed by atoms with van der Waals surface area (Å²) in [6.45, 7) is 7.76. The summed E-state index contributed by atoms with van der Waals surface area (Å²) in [6, 6.07) is 4.34. The predicted molar refractivity (Wildman–Crippen MR) is 78.3 cm³/mol. The average Bonchev–Trinajstić information content (AvgIpc) is 2.39. The van der Waals surface area contributed by atoms with Crippen molar-refractivity contribution in [1.82, 2.24) is 5.32 Å². The molecule has 0 aromatic heterocycles. The van der Waals surface area contributed by atoms with E-state index in [4.69, 9.17) is 9.47 Å². The maximum Gasteiger partial charge on any atom is 0.124 e. The first kappa shape index (κ1) is 14.2. The first-order valence-corrected chi connectivity index (χ1v) is 6.80. The van der Waals surface area contributed by atoms with Crippen LogP contribution in [0.3, 0.4) is 0 Å². The molecule has 1 N–H and O–H groups in total. The molecule has 0 aliphatic carbocycles. The Hall–Kier alpha value is -1.26. The van der Waals surface area contributed by atoms with Crippen LogP contribution in [0.1, 0.15) is 11.1 Å². The molecule has 1 saturated heterocycles. The van der Waals surface area contributed by atoms with Crippen molar-refractivity contribution in [2.45, 2.75) is 20.0 Å². The normalized spacial score (nSPS) is 19.3. The van der Waals surface area contributed by atoms with Crippen LogP contribution in [-0.2, 0) is 4.74 Å². The van der Waals surface area contributed by atoms with Crippen molar-refractivity contribution in [3.8, 4) is 5.75 Å². The van der Waals surface area contributed by atoms with Crippen LogP contribution in [0.4, 0.5) is 5.69 Å². The maximum atomic E-state index is 5.75. The van der Waals surface area contributed by atoms with Gasteiger partial charge in [-0.1, -0.05) is 0 Å². The van der Waals surface area contributed by atoms with Gasteiger partial charge in [0.1, 0.15) is 5.75 Å². The molecular formula is C15H24N2O2. The molecule has 1 fully saturated rings. The monoisotopic (exact) mass is 264 g/mol. The standard InChI is InChI=1S/C15H24N2O2/c1-11-7-13(8-12(2)15(11)18-4)17(3)10-14-9-16-5-6-19-14/h7-8,14,16H,5-6,9-10H2,1-4H3. The SMILES string of the molecule is COc1c(C)cc(N(C)CC2CNCCO2)cc1C. The number of ether oxygens (including phenoxy) is 2. The summed E-state index contributed by atoms with van der Waals surface area (Å²) in [5.41, 5.74) is 3.56. The zero-order valence-electron chi connectivity index (χ0n) is 12.3. The quantitative estimate of drug-likeness (QED) is 0.898. The van der Waals surface area contributed by atoms with Crippen molar-refractivity contribution in [2.24, 2.45) is 0 Å². The summed E-state index contributed by atoms with van der Waals surface area (Å²) in [5.74, 6) is 0.979. The van der Waals surface area contributed by atoms with E-state index in [1.165, 1.54) is 16.8 Å². The van der Waals surface area contributed by atoms with Gasteiger partial charge in [-0.15, -0.1) is 0 Å². The fraction of sp³-hybridized carbons (Fsp3) is 0.600. The molecule has 1 heterocycles. The van der Waals surface area contributed by atoms with Crippen molar-refractivity contribution < 1.29 is 9.47 Å². The molecule has 0 spiro atoms. The summed E-state index contributed by atoms with van der Waals surface area (Å²) < 4.78 is 11.2. The summed E-state index contributed by atoms with van der Waals surface area (Å²) in [4.78, 5) is 2.25. The summed E-state index contributed by atoms with van der Waals surface area (Å²) in [6.07, 6.45) is 0.265. The Morgan fingerprint density at radius 1 is 1.37 bits per heavy atom. The van der Waals surface area contributed by atoms with E-state index in [-0.39, 0.29) is 6.10 Å². The molecular weight excluding hydrogens is 240 g/mol. The fourth-order valence-corrected chi connectivity index (χ4v) is 2.62. The lowest BCUT2D eigenvalue weighted by molar-refractivity contribution is 0.0340. The highest BCUT2D eigenvalue weighted by Gasteiger charge is 2.16. The lowest BCUT2D eigenvalue weighted by Crippen LogP contribution is -2.44. The van der Waals surface area contributed by atoms with Gasteiger partial charge in [0.25, 0.3) is 0 Å². The van der Waals surface area contributed by atoms with Crippen LogP contribution < -0.4 is 15.0 Å². The number of hydrogen-bond acceptors (Lipinski definition) is 4. The third kappa shape index (κ3) is 3.39. The second-order valence-corrected chi connectivity index (χ2v) is 5.19. The van der Waals surface area contributed by atoms with Crippen molar-refractivity contribution in [2.75, 3.05) is 45.3 Å². The number of aryl methyl sites for hydroxylation is 2. The summed E-state index contributed by atoms with van der Waals surface area (Å²) >= 11 is 0. The molecule has 1 atom stereocenters. The van der Waals surface area contributed by atoms with Gasteiger partial charge in [-0.3, -0.25) is 0 Å². The van der Waals surface area contributed by atoms with Gasteiger partial charge in [0.15, 0.2) is 0 Å². The molecule has 1 aromatic carbocycles. The van der Waals surface area contributed by atoms with Crippen LogP contribution in [-0.4, -0.2) is 46.5 Å². The average molecular weight is 264 g/mol. The number of benzene rings is 1. The maximum absolute atomic E-state index is 5.75. The third-order valence-electron chi connectivity index (χ3n) is 3.57. The van der Waals surface area contributed by atoms with Crippen LogP contribution in [0.2, 0.25) is 0 Å². The Bertz CT molecular complexity index is 405. The van der Waals surface area contributed by atoms with Crippen LogP contribution in [0.25, 0.3) is 0 Å². The number of hydrogen-bond donors (Lipinski definition) is 1. The fourth-order valence-electron chi connectivity index (χ4n) is 2.62. The van der Waals surface area contributed by atoms with Gasteiger partial charge in [0.2, 0.25) is 0 Å². The summed E-state index contributed by atoms with van der Waals surface area (Å²) in [5, 5.41) is 3.36. The molecule has 1 unspecified atom stereocenters. The number of morpholine rings is 1. The second-order valence-electron chi connectivity index (χ2n) is 5.19. The lowest BCUT2D eigenvalue weighted by Gasteiger charge is -2.29. The van der Waals surface area contributed by atoms with Crippen LogP contribution >= 0.6 is 0 Å². The number of nitrogens with zero attached hydrogens (tertiary/aromatic N) is 1. The van der Waals surface area contributed by atoms with Gasteiger partial charge in [0.05, 0.1) is 19.8 Å². The topological polar surface area (TPSA) is 33.7 Å². The highest BCUT2D eigenvalue weighted by Crippen LogP contribution is 2.28. The molecule has 2 rings (SSSR count). The van der Waals surface area contributed by atoms with E-state index in [9.17, 15) is 0 Å². The second kappa shape index (κ2) is 6.26.